The van der Waals surface area contributed by atoms with Gasteiger partial charge in [0.1, 0.15) is 11.6 Å². The summed E-state index contributed by atoms with van der Waals surface area (Å²) in [5, 5.41) is 0.973. The van der Waals surface area contributed by atoms with Gasteiger partial charge in [-0.05, 0) is 90.0 Å². The first-order chi connectivity index (χ1) is 13.6. The van der Waals surface area contributed by atoms with E-state index in [9.17, 15) is 9.18 Å². The van der Waals surface area contributed by atoms with E-state index in [1.54, 1.807) is 12.1 Å². The summed E-state index contributed by atoms with van der Waals surface area (Å²) in [5.41, 5.74) is 2.83. The van der Waals surface area contributed by atoms with Gasteiger partial charge in [0.25, 0.3) is 0 Å². The van der Waals surface area contributed by atoms with Crippen LogP contribution in [-0.4, -0.2) is 10.8 Å². The molecular weight excluding hydrogens is 361 g/mol. The molecule has 2 nitrogen and oxygen atoms in total. The van der Waals surface area contributed by atoms with Gasteiger partial charge in [-0.3, -0.25) is 9.78 Å². The molecule has 29 heavy (non-hydrogen) atoms. The summed E-state index contributed by atoms with van der Waals surface area (Å²) < 4.78 is 13.9. The second-order valence-electron chi connectivity index (χ2n) is 11.8. The van der Waals surface area contributed by atoms with Gasteiger partial charge in [0.05, 0.1) is 5.52 Å². The van der Waals surface area contributed by atoms with E-state index in [0.717, 1.165) is 30.2 Å². The lowest BCUT2D eigenvalue weighted by Gasteiger charge is -2.24. The molecule has 0 aliphatic heterocycles. The third-order valence-electron chi connectivity index (χ3n) is 8.14. The van der Waals surface area contributed by atoms with E-state index in [1.807, 2.05) is 6.20 Å². The lowest BCUT2D eigenvalue weighted by Crippen LogP contribution is -2.18. The summed E-state index contributed by atoms with van der Waals surface area (Å²) in [7, 11) is 0. The van der Waals surface area contributed by atoms with Crippen LogP contribution in [-0.2, 0) is 4.79 Å². The average molecular weight is 394 g/mol. The van der Waals surface area contributed by atoms with Gasteiger partial charge in [0.15, 0.2) is 0 Å². The normalized spacial score (nSPS) is 36.0. The molecule has 1 aromatic heterocycles. The van der Waals surface area contributed by atoms with Crippen molar-refractivity contribution in [1.82, 2.24) is 4.98 Å². The highest BCUT2D eigenvalue weighted by molar-refractivity contribution is 5.85. The summed E-state index contributed by atoms with van der Waals surface area (Å²) >= 11 is 0. The minimum atomic E-state index is -0.187. The zero-order valence-corrected chi connectivity index (χ0v) is 18.1. The number of hydrogen-bond acceptors (Lipinski definition) is 2. The minimum absolute atomic E-state index is 0.0853. The van der Waals surface area contributed by atoms with E-state index in [4.69, 9.17) is 0 Å². The van der Waals surface area contributed by atoms with Crippen molar-refractivity contribution in [1.29, 1.82) is 0 Å². The second-order valence-corrected chi connectivity index (χ2v) is 11.8. The number of carbonyl (C=O) groups is 1. The standard InChI is InChI=1S/C26H32FNO/c1-24(2,3)14-23(29)21-13-26(21)12-17-9-16(11-25(17,4)15-26)19-7-8-28-22-6-5-18(27)10-20(19)22/h5-8,10,16-17,21H,9,11-15H2,1-4H3/t16-,17-,21?,25+,26?/m0/s1. The van der Waals surface area contributed by atoms with Crippen LogP contribution in [0.2, 0.25) is 0 Å². The van der Waals surface area contributed by atoms with Crippen LogP contribution in [0, 0.1) is 33.9 Å². The summed E-state index contributed by atoms with van der Waals surface area (Å²) in [4.78, 5) is 17.3. The number of halogens is 1. The number of rotatable bonds is 3. The molecule has 5 atom stereocenters. The molecule has 0 amide bonds. The van der Waals surface area contributed by atoms with Crippen molar-refractivity contribution in [2.24, 2.45) is 28.1 Å². The SMILES string of the molecule is CC(C)(C)CC(=O)C1CC12C[C@@H]1C[C@H](c3ccnc4ccc(F)cc34)C[C@]1(C)C2. The van der Waals surface area contributed by atoms with Gasteiger partial charge in [0.2, 0.25) is 0 Å². The molecule has 3 fully saturated rings. The summed E-state index contributed by atoms with van der Waals surface area (Å²) in [5.74, 6) is 1.76. The number of carbonyl (C=O) groups excluding carboxylic acids is 1. The Kier molecular flexibility index (Phi) is 4.05. The fraction of sp³-hybridized carbons (Fsp3) is 0.615. The van der Waals surface area contributed by atoms with Crippen molar-refractivity contribution in [3.8, 4) is 0 Å². The second kappa shape index (κ2) is 6.12. The quantitative estimate of drug-likeness (QED) is 0.582. The van der Waals surface area contributed by atoms with E-state index < -0.39 is 0 Å². The Morgan fingerprint density at radius 2 is 2.00 bits per heavy atom. The predicted octanol–water partition coefficient (Wildman–Crippen LogP) is 6.68. The summed E-state index contributed by atoms with van der Waals surface area (Å²) in [6.07, 6.45) is 8.40. The van der Waals surface area contributed by atoms with Gasteiger partial charge in [-0.1, -0.05) is 27.7 Å². The minimum Gasteiger partial charge on any atom is -0.299 e. The predicted molar refractivity (Wildman–Crippen MR) is 114 cm³/mol. The lowest BCUT2D eigenvalue weighted by atomic mass is 9.80. The van der Waals surface area contributed by atoms with Crippen LogP contribution >= 0.6 is 0 Å². The van der Waals surface area contributed by atoms with E-state index in [0.29, 0.717) is 40.8 Å². The van der Waals surface area contributed by atoms with Gasteiger partial charge in [-0.25, -0.2) is 4.39 Å². The van der Waals surface area contributed by atoms with Crippen molar-refractivity contribution in [3.05, 3.63) is 41.8 Å². The molecule has 1 aromatic carbocycles. The lowest BCUT2D eigenvalue weighted by molar-refractivity contribution is -0.122. The van der Waals surface area contributed by atoms with Crippen molar-refractivity contribution in [2.45, 2.75) is 72.1 Å². The van der Waals surface area contributed by atoms with Crippen LogP contribution in [0.4, 0.5) is 4.39 Å². The van der Waals surface area contributed by atoms with Crippen molar-refractivity contribution in [3.63, 3.8) is 0 Å². The zero-order valence-electron chi connectivity index (χ0n) is 18.1. The molecule has 3 aliphatic rings. The Hall–Kier alpha value is -1.77. The molecule has 2 aromatic rings. The highest BCUT2D eigenvalue weighted by atomic mass is 19.1. The Balaban J connectivity index is 1.35. The zero-order chi connectivity index (χ0) is 20.6. The number of nitrogens with zero attached hydrogens (tertiary/aromatic N) is 1. The van der Waals surface area contributed by atoms with Gasteiger partial charge in [0, 0.05) is 23.9 Å². The number of ketones is 1. The number of fused-ring (bicyclic) bond motifs is 2. The monoisotopic (exact) mass is 393 g/mol. The highest BCUT2D eigenvalue weighted by Gasteiger charge is 2.67. The number of benzene rings is 1. The average Bonchev–Trinajstić information content (AvgIpc) is 3.11. The molecule has 5 rings (SSSR count). The van der Waals surface area contributed by atoms with Crippen LogP contribution in [0.15, 0.2) is 30.5 Å². The van der Waals surface area contributed by atoms with Crippen LogP contribution in [0.3, 0.4) is 0 Å². The Morgan fingerprint density at radius 1 is 1.21 bits per heavy atom. The van der Waals surface area contributed by atoms with Crippen molar-refractivity contribution in [2.75, 3.05) is 0 Å². The highest BCUT2D eigenvalue weighted by Crippen LogP contribution is 2.74. The third-order valence-corrected chi connectivity index (χ3v) is 8.14. The Labute approximate surface area is 173 Å². The number of Topliss-reactive ketones (excluding diaryl/α,β-unsaturated/α-hetero) is 1. The smallest absolute Gasteiger partial charge is 0.137 e. The van der Waals surface area contributed by atoms with Crippen LogP contribution in [0.1, 0.15) is 77.7 Å². The van der Waals surface area contributed by atoms with E-state index >= 15 is 0 Å². The van der Waals surface area contributed by atoms with Crippen LogP contribution in [0.5, 0.6) is 0 Å². The van der Waals surface area contributed by atoms with E-state index in [1.165, 1.54) is 24.5 Å². The molecule has 1 heterocycles. The fourth-order valence-electron chi connectivity index (χ4n) is 6.96. The molecule has 2 unspecified atom stereocenters. The summed E-state index contributed by atoms with van der Waals surface area (Å²) in [6.45, 7) is 8.94. The van der Waals surface area contributed by atoms with Crippen molar-refractivity contribution < 1.29 is 9.18 Å². The maximum absolute atomic E-state index is 13.9. The van der Waals surface area contributed by atoms with Gasteiger partial charge < -0.3 is 0 Å². The van der Waals surface area contributed by atoms with E-state index in [-0.39, 0.29) is 11.2 Å². The first kappa shape index (κ1) is 19.2. The van der Waals surface area contributed by atoms with Gasteiger partial charge in [-0.2, -0.15) is 0 Å². The molecule has 0 bridgehead atoms. The molecule has 3 aliphatic carbocycles. The molecule has 0 N–H and O–H groups in total. The fourth-order valence-corrected chi connectivity index (χ4v) is 6.96. The molecule has 0 saturated heterocycles. The molecule has 3 saturated carbocycles. The maximum Gasteiger partial charge on any atom is 0.137 e. The van der Waals surface area contributed by atoms with Gasteiger partial charge >= 0.3 is 0 Å². The molecule has 3 heteroatoms. The Bertz CT molecular complexity index is 992. The first-order valence-corrected chi connectivity index (χ1v) is 11.2. The topological polar surface area (TPSA) is 30.0 Å². The third kappa shape index (κ3) is 3.21. The summed E-state index contributed by atoms with van der Waals surface area (Å²) in [6, 6.07) is 7.03. The Morgan fingerprint density at radius 3 is 2.72 bits per heavy atom. The van der Waals surface area contributed by atoms with E-state index in [2.05, 4.69) is 38.7 Å². The molecule has 0 radical (unpaired) electrons. The number of pyridine rings is 1. The van der Waals surface area contributed by atoms with Crippen LogP contribution < -0.4 is 0 Å². The van der Waals surface area contributed by atoms with Crippen LogP contribution in [0.25, 0.3) is 10.9 Å². The van der Waals surface area contributed by atoms with Crippen molar-refractivity contribution >= 4 is 16.7 Å². The molecular formula is C26H32FNO. The largest absolute Gasteiger partial charge is 0.299 e. The first-order valence-electron chi connectivity index (χ1n) is 11.2. The molecule has 1 spiro atoms. The number of aromatic nitrogens is 1. The number of hydrogen-bond donors (Lipinski definition) is 0. The maximum atomic E-state index is 13.9. The molecule has 154 valence electrons. The van der Waals surface area contributed by atoms with Gasteiger partial charge in [-0.15, -0.1) is 0 Å².